The maximum atomic E-state index is 13.6. The van der Waals surface area contributed by atoms with E-state index in [2.05, 4.69) is 10.3 Å². The molecule has 0 bridgehead atoms. The van der Waals surface area contributed by atoms with Gasteiger partial charge in [0.15, 0.2) is 11.5 Å². The van der Waals surface area contributed by atoms with E-state index in [1.807, 2.05) is 0 Å². The van der Waals surface area contributed by atoms with Gasteiger partial charge in [0, 0.05) is 12.6 Å². The molecule has 1 N–H and O–H groups in total. The van der Waals surface area contributed by atoms with Gasteiger partial charge in [-0.15, -0.1) is 0 Å². The van der Waals surface area contributed by atoms with Crippen LogP contribution in [0.25, 0.3) is 6.08 Å². The molecule has 0 radical (unpaired) electrons. The summed E-state index contributed by atoms with van der Waals surface area (Å²) in [6, 6.07) is 12.4. The van der Waals surface area contributed by atoms with Crippen molar-refractivity contribution in [1.29, 1.82) is 5.26 Å². The van der Waals surface area contributed by atoms with E-state index >= 15 is 0 Å². The molecule has 0 aromatic heterocycles. The van der Waals surface area contributed by atoms with Gasteiger partial charge in [-0.05, 0) is 72.3 Å². The predicted molar refractivity (Wildman–Crippen MR) is 206 cm³/mol. The van der Waals surface area contributed by atoms with Crippen LogP contribution < -0.4 is 14.8 Å². The maximum Gasteiger partial charge on any atom is 0.420 e. The highest BCUT2D eigenvalue weighted by atomic mass is 32.2. The summed E-state index contributed by atoms with van der Waals surface area (Å²) >= 11 is 0.716. The Morgan fingerprint density at radius 3 is 2.35 bits per heavy atom. The Morgan fingerprint density at radius 2 is 1.63 bits per heavy atom. The quantitative estimate of drug-likeness (QED) is 0.0798. The number of carbonyl (C=O) groups is 6. The Hall–Kier alpha value is -6.40. The number of methoxy groups -OCH3 is 1. The molecule has 60 heavy (non-hydrogen) atoms. The first kappa shape index (κ1) is 43.2. The standard InChI is InChI=1S/C40H34F3N5O11S/c1-55-31-20-23(5-9-30(31)59-29-8-6-24(22-44)19-26(29)40(41,42)43)21-32-37(52)47(39(54)60-32)12-14-57-16-18-58-17-15-56-13-11-45-27-4-2-3-25-34(27)38(53)48(36(25)51)28-7-10-33(49)46-35(28)50/h2-6,8-9,11,19-21,28H,7,10,12-18H2,1H3,(H,46,49,50)/b32-21-,45-11?. The van der Waals surface area contributed by atoms with Crippen LogP contribution in [0.5, 0.6) is 17.2 Å². The fourth-order valence-corrected chi connectivity index (χ4v) is 7.07. The molecule has 16 nitrogen and oxygen atoms in total. The monoisotopic (exact) mass is 849 g/mol. The number of hydrogen-bond donors (Lipinski definition) is 1. The molecule has 1 atom stereocenters. The van der Waals surface area contributed by atoms with Gasteiger partial charge in [-0.3, -0.25) is 48.9 Å². The van der Waals surface area contributed by atoms with Crippen LogP contribution in [0.15, 0.2) is 64.5 Å². The smallest absolute Gasteiger partial charge is 0.420 e. The maximum absolute atomic E-state index is 13.6. The van der Waals surface area contributed by atoms with Crippen LogP contribution in [-0.2, 0) is 34.8 Å². The number of piperidine rings is 1. The molecule has 2 fully saturated rings. The van der Waals surface area contributed by atoms with Crippen molar-refractivity contribution in [3.8, 4) is 23.3 Å². The Morgan fingerprint density at radius 1 is 0.900 bits per heavy atom. The van der Waals surface area contributed by atoms with Gasteiger partial charge in [0.25, 0.3) is 23.0 Å². The Balaban J connectivity index is 0.892. The molecule has 6 amide bonds. The number of benzene rings is 3. The lowest BCUT2D eigenvalue weighted by Gasteiger charge is -2.27. The van der Waals surface area contributed by atoms with Gasteiger partial charge < -0.3 is 23.7 Å². The fraction of sp³-hybridized carbons (Fsp3) is 0.300. The predicted octanol–water partition coefficient (Wildman–Crippen LogP) is 5.27. The van der Waals surface area contributed by atoms with E-state index in [0.717, 1.165) is 15.9 Å². The number of aliphatic imine (C=N–C) groups is 1. The lowest BCUT2D eigenvalue weighted by atomic mass is 10.0. The number of halogens is 3. The van der Waals surface area contributed by atoms with Crippen molar-refractivity contribution < 1.29 is 65.6 Å². The summed E-state index contributed by atoms with van der Waals surface area (Å²) < 4.78 is 68.2. The average molecular weight is 850 g/mol. The third-order valence-corrected chi connectivity index (χ3v) is 9.97. The number of nitrogens with one attached hydrogen (secondary N) is 1. The van der Waals surface area contributed by atoms with Crippen LogP contribution in [0.1, 0.15) is 50.2 Å². The number of hydrogen-bond acceptors (Lipinski definition) is 14. The highest BCUT2D eigenvalue weighted by molar-refractivity contribution is 8.18. The van der Waals surface area contributed by atoms with Gasteiger partial charge in [-0.25, -0.2) is 0 Å². The topological polar surface area (TPSA) is 203 Å². The molecule has 3 aromatic rings. The molecule has 6 rings (SSSR count). The number of thioether (sulfide) groups is 1. The third-order valence-electron chi connectivity index (χ3n) is 9.07. The first-order valence-electron chi connectivity index (χ1n) is 18.1. The molecule has 312 valence electrons. The lowest BCUT2D eigenvalue weighted by molar-refractivity contribution is -0.139. The molecule has 20 heteroatoms. The normalized spacial score (nSPS) is 17.5. The average Bonchev–Trinajstić information content (AvgIpc) is 3.63. The SMILES string of the molecule is COc1cc(/C=C2\SC(=O)N(CCOCCOCCOCC=Nc3cccc4c3C(=O)N(C3CCC(=O)NC3=O)C4=O)C2=O)ccc1Oc1ccc(C#N)cc1C(F)(F)F. The second-order valence-electron chi connectivity index (χ2n) is 12.9. The van der Waals surface area contributed by atoms with E-state index in [1.165, 1.54) is 49.7 Å². The van der Waals surface area contributed by atoms with Gasteiger partial charge in [-0.1, -0.05) is 12.1 Å². The number of nitriles is 1. The molecule has 1 unspecified atom stereocenters. The van der Waals surface area contributed by atoms with Crippen molar-refractivity contribution in [2.45, 2.75) is 25.1 Å². The molecule has 3 aliphatic rings. The summed E-state index contributed by atoms with van der Waals surface area (Å²) in [6.45, 7) is 0.845. The van der Waals surface area contributed by atoms with Crippen LogP contribution in [0, 0.1) is 11.3 Å². The van der Waals surface area contributed by atoms with Crippen LogP contribution in [0.4, 0.5) is 23.7 Å². The van der Waals surface area contributed by atoms with Gasteiger partial charge in [0.05, 0.1) is 92.2 Å². The number of ether oxygens (including phenoxy) is 5. The molecule has 3 aromatic carbocycles. The van der Waals surface area contributed by atoms with Crippen LogP contribution in [-0.4, -0.2) is 110 Å². The van der Waals surface area contributed by atoms with E-state index in [-0.39, 0.29) is 97.8 Å². The highest BCUT2D eigenvalue weighted by Gasteiger charge is 2.45. The summed E-state index contributed by atoms with van der Waals surface area (Å²) in [5, 5.41) is 10.7. The number of carbonyl (C=O) groups excluding carboxylic acids is 6. The van der Waals surface area contributed by atoms with Crippen molar-refractivity contribution in [1.82, 2.24) is 15.1 Å². The van der Waals surface area contributed by atoms with Crippen LogP contribution in [0.3, 0.4) is 0 Å². The number of amides is 6. The van der Waals surface area contributed by atoms with E-state index in [4.69, 9.17) is 28.9 Å². The van der Waals surface area contributed by atoms with E-state index < -0.39 is 58.3 Å². The van der Waals surface area contributed by atoms with Crippen molar-refractivity contribution in [2.75, 3.05) is 53.3 Å². The summed E-state index contributed by atoms with van der Waals surface area (Å²) in [7, 11) is 1.29. The highest BCUT2D eigenvalue weighted by Crippen LogP contribution is 2.42. The largest absolute Gasteiger partial charge is 0.493 e. The summed E-state index contributed by atoms with van der Waals surface area (Å²) in [5.74, 6) is -3.54. The molecule has 0 saturated carbocycles. The van der Waals surface area contributed by atoms with Crippen molar-refractivity contribution >= 4 is 64.5 Å². The Labute approximate surface area is 343 Å². The zero-order valence-electron chi connectivity index (χ0n) is 31.6. The first-order chi connectivity index (χ1) is 28.8. The van der Waals surface area contributed by atoms with Gasteiger partial charge in [0.1, 0.15) is 11.8 Å². The second kappa shape index (κ2) is 19.1. The van der Waals surface area contributed by atoms with Crippen LogP contribution >= 0.6 is 11.8 Å². The molecule has 2 saturated heterocycles. The minimum Gasteiger partial charge on any atom is -0.493 e. The zero-order chi connectivity index (χ0) is 43.0. The van der Waals surface area contributed by atoms with Crippen molar-refractivity contribution in [2.24, 2.45) is 4.99 Å². The van der Waals surface area contributed by atoms with Gasteiger partial charge >= 0.3 is 6.18 Å². The van der Waals surface area contributed by atoms with E-state index in [0.29, 0.717) is 23.4 Å². The number of nitrogens with zero attached hydrogens (tertiary/aromatic N) is 4. The molecular weight excluding hydrogens is 816 g/mol. The summed E-state index contributed by atoms with van der Waals surface area (Å²) in [5.41, 5.74) is -0.498. The number of imide groups is 3. The van der Waals surface area contributed by atoms with Gasteiger partial charge in [-0.2, -0.15) is 18.4 Å². The molecule has 3 heterocycles. The number of fused-ring (bicyclic) bond motifs is 1. The molecular formula is C40H34F3N5O11S. The second-order valence-corrected chi connectivity index (χ2v) is 13.9. The fourth-order valence-electron chi connectivity index (χ4n) is 6.20. The molecule has 0 aliphatic carbocycles. The van der Waals surface area contributed by atoms with E-state index in [1.54, 1.807) is 18.2 Å². The lowest BCUT2D eigenvalue weighted by Crippen LogP contribution is -2.54. The molecule has 3 aliphatic heterocycles. The minimum atomic E-state index is -4.79. The van der Waals surface area contributed by atoms with Crippen LogP contribution in [0.2, 0.25) is 0 Å². The Kier molecular flexibility index (Phi) is 13.8. The Bertz CT molecular complexity index is 2330. The van der Waals surface area contributed by atoms with E-state index in [9.17, 15) is 41.9 Å². The first-order valence-corrected chi connectivity index (χ1v) is 18.9. The zero-order valence-corrected chi connectivity index (χ0v) is 32.4. The number of rotatable bonds is 17. The summed E-state index contributed by atoms with van der Waals surface area (Å²) in [6.07, 6.45) is -1.87. The van der Waals surface area contributed by atoms with Crippen molar-refractivity contribution in [3.05, 3.63) is 87.3 Å². The molecule has 0 spiro atoms. The minimum absolute atomic E-state index is 0.0108. The van der Waals surface area contributed by atoms with Gasteiger partial charge in [0.2, 0.25) is 11.8 Å². The number of alkyl halides is 3. The van der Waals surface area contributed by atoms with Crippen molar-refractivity contribution in [3.63, 3.8) is 0 Å². The summed E-state index contributed by atoms with van der Waals surface area (Å²) in [4.78, 5) is 81.9. The third kappa shape index (κ3) is 9.89.